The average molecular weight is 453 g/mol. The molecule has 0 bridgehead atoms. The third-order valence-electron chi connectivity index (χ3n) is 5.73. The molecule has 7 nitrogen and oxygen atoms in total. The zero-order chi connectivity index (χ0) is 22.9. The van der Waals surface area contributed by atoms with Gasteiger partial charge in [0.15, 0.2) is 17.2 Å². The summed E-state index contributed by atoms with van der Waals surface area (Å²) in [5.41, 5.74) is 0.256. The van der Waals surface area contributed by atoms with Crippen LogP contribution in [0, 0.1) is 11.3 Å². The van der Waals surface area contributed by atoms with E-state index in [2.05, 4.69) is 6.07 Å². The van der Waals surface area contributed by atoms with Crippen molar-refractivity contribution in [2.45, 2.75) is 25.0 Å². The van der Waals surface area contributed by atoms with E-state index in [-0.39, 0.29) is 18.1 Å². The second kappa shape index (κ2) is 8.77. The number of amides is 1. The van der Waals surface area contributed by atoms with Crippen molar-refractivity contribution in [1.82, 2.24) is 4.90 Å². The van der Waals surface area contributed by atoms with E-state index in [1.54, 1.807) is 44.6 Å². The molecule has 32 heavy (non-hydrogen) atoms. The van der Waals surface area contributed by atoms with Crippen molar-refractivity contribution in [3.8, 4) is 23.3 Å². The Bertz CT molecular complexity index is 1130. The lowest BCUT2D eigenvalue weighted by Gasteiger charge is -2.38. The van der Waals surface area contributed by atoms with E-state index in [0.29, 0.717) is 40.0 Å². The standard InChI is InChI=1S/C24H24N2O5S/c1-4-31-21-10-15(8-9-20(21)30-3)18-12-22(27)26-23(19(18)13-25)32-14-24(26,28)16-6-5-7-17(11-16)29-2/h5-11,18,28H,4,12,14H2,1-3H3. The number of nitriles is 1. The highest BCUT2D eigenvalue weighted by atomic mass is 32.2. The highest BCUT2D eigenvalue weighted by Gasteiger charge is 2.52. The van der Waals surface area contributed by atoms with E-state index in [1.165, 1.54) is 16.7 Å². The normalized spacial score (nSPS) is 22.4. The summed E-state index contributed by atoms with van der Waals surface area (Å²) < 4.78 is 16.3. The van der Waals surface area contributed by atoms with Gasteiger partial charge in [0, 0.05) is 17.9 Å². The number of ether oxygens (including phenoxy) is 3. The number of carbonyl (C=O) groups is 1. The number of allylic oxidation sites excluding steroid dienone is 1. The summed E-state index contributed by atoms with van der Waals surface area (Å²) in [6.07, 6.45) is 0.0666. The Morgan fingerprint density at radius 3 is 2.72 bits per heavy atom. The molecule has 166 valence electrons. The molecule has 2 heterocycles. The number of fused-ring (bicyclic) bond motifs is 1. The summed E-state index contributed by atoms with van der Waals surface area (Å²) in [7, 11) is 3.12. The number of hydrogen-bond acceptors (Lipinski definition) is 7. The third kappa shape index (κ3) is 3.57. The quantitative estimate of drug-likeness (QED) is 0.714. The van der Waals surface area contributed by atoms with Crippen LogP contribution in [-0.4, -0.2) is 42.5 Å². The van der Waals surface area contributed by atoms with Crippen LogP contribution in [0.5, 0.6) is 17.2 Å². The smallest absolute Gasteiger partial charge is 0.231 e. The average Bonchev–Trinajstić information content (AvgIpc) is 3.18. The van der Waals surface area contributed by atoms with E-state index in [0.717, 1.165) is 5.56 Å². The molecule has 4 rings (SSSR count). The minimum absolute atomic E-state index is 0.0666. The number of benzene rings is 2. The molecule has 2 atom stereocenters. The molecule has 2 aliphatic rings. The Morgan fingerprint density at radius 2 is 2.03 bits per heavy atom. The second-order valence-electron chi connectivity index (χ2n) is 7.50. The molecule has 0 spiro atoms. The lowest BCUT2D eigenvalue weighted by molar-refractivity contribution is -0.149. The monoisotopic (exact) mass is 452 g/mol. The fraction of sp³-hybridized carbons (Fsp3) is 0.333. The van der Waals surface area contributed by atoms with Crippen LogP contribution in [0.25, 0.3) is 0 Å². The first-order valence-electron chi connectivity index (χ1n) is 10.2. The lowest BCUT2D eigenvalue weighted by Crippen LogP contribution is -2.48. The number of methoxy groups -OCH3 is 2. The topological polar surface area (TPSA) is 92.0 Å². The molecule has 0 aromatic heterocycles. The number of hydrogen-bond donors (Lipinski definition) is 1. The first-order valence-corrected chi connectivity index (χ1v) is 11.2. The van der Waals surface area contributed by atoms with Gasteiger partial charge in [-0.25, -0.2) is 0 Å². The van der Waals surface area contributed by atoms with Crippen molar-refractivity contribution >= 4 is 17.7 Å². The maximum atomic E-state index is 13.3. The molecule has 1 amide bonds. The predicted octanol–water partition coefficient (Wildman–Crippen LogP) is 3.75. The molecular formula is C24H24N2O5S. The van der Waals surface area contributed by atoms with Gasteiger partial charge in [-0.1, -0.05) is 18.2 Å². The largest absolute Gasteiger partial charge is 0.497 e. The van der Waals surface area contributed by atoms with Gasteiger partial charge in [0.1, 0.15) is 5.75 Å². The van der Waals surface area contributed by atoms with Gasteiger partial charge in [0.2, 0.25) is 5.91 Å². The Balaban J connectivity index is 1.77. The van der Waals surface area contributed by atoms with Crippen LogP contribution in [-0.2, 0) is 10.5 Å². The van der Waals surface area contributed by atoms with Gasteiger partial charge in [-0.2, -0.15) is 5.26 Å². The fourth-order valence-electron chi connectivity index (χ4n) is 4.17. The van der Waals surface area contributed by atoms with Gasteiger partial charge < -0.3 is 19.3 Å². The Kier molecular flexibility index (Phi) is 6.04. The molecule has 2 aliphatic heterocycles. The molecule has 1 N–H and O–H groups in total. The SMILES string of the molecule is CCOc1cc(C2CC(=O)N3C(=C2C#N)SCC3(O)c2cccc(OC)c2)ccc1OC. The van der Waals surface area contributed by atoms with E-state index >= 15 is 0 Å². The van der Waals surface area contributed by atoms with Crippen molar-refractivity contribution in [2.75, 3.05) is 26.6 Å². The van der Waals surface area contributed by atoms with Gasteiger partial charge >= 0.3 is 0 Å². The van der Waals surface area contributed by atoms with Crippen molar-refractivity contribution in [3.05, 3.63) is 64.2 Å². The summed E-state index contributed by atoms with van der Waals surface area (Å²) >= 11 is 1.31. The maximum absolute atomic E-state index is 13.3. The van der Waals surface area contributed by atoms with Crippen LogP contribution in [0.2, 0.25) is 0 Å². The van der Waals surface area contributed by atoms with Crippen LogP contribution in [0.15, 0.2) is 53.1 Å². The minimum Gasteiger partial charge on any atom is -0.497 e. The molecule has 0 aliphatic carbocycles. The molecule has 2 aromatic rings. The number of aliphatic hydroxyl groups is 1. The third-order valence-corrected chi connectivity index (χ3v) is 6.96. The molecule has 1 fully saturated rings. The van der Waals surface area contributed by atoms with Crippen LogP contribution in [0.3, 0.4) is 0 Å². The highest BCUT2D eigenvalue weighted by Crippen LogP contribution is 2.52. The van der Waals surface area contributed by atoms with Crippen molar-refractivity contribution in [3.63, 3.8) is 0 Å². The molecule has 1 saturated heterocycles. The first kappa shape index (κ1) is 22.1. The van der Waals surface area contributed by atoms with Gasteiger partial charge in [0.25, 0.3) is 0 Å². The van der Waals surface area contributed by atoms with Gasteiger partial charge in [0.05, 0.1) is 43.3 Å². The van der Waals surface area contributed by atoms with Crippen LogP contribution in [0.1, 0.15) is 30.4 Å². The number of nitrogens with zero attached hydrogens (tertiary/aromatic N) is 2. The molecule has 2 unspecified atom stereocenters. The zero-order valence-electron chi connectivity index (χ0n) is 18.1. The second-order valence-corrected chi connectivity index (χ2v) is 8.46. The predicted molar refractivity (Wildman–Crippen MR) is 120 cm³/mol. The summed E-state index contributed by atoms with van der Waals surface area (Å²) in [5, 5.41) is 22.1. The van der Waals surface area contributed by atoms with E-state index in [4.69, 9.17) is 14.2 Å². The Hall–Kier alpha value is -3.15. The highest BCUT2D eigenvalue weighted by molar-refractivity contribution is 8.03. The van der Waals surface area contributed by atoms with E-state index < -0.39 is 11.6 Å². The first-order chi connectivity index (χ1) is 15.5. The van der Waals surface area contributed by atoms with Gasteiger partial charge in [-0.15, -0.1) is 11.8 Å². The molecule has 0 radical (unpaired) electrons. The number of carbonyl (C=O) groups excluding carboxylic acids is 1. The molecule has 8 heteroatoms. The number of rotatable bonds is 6. The minimum atomic E-state index is -1.55. The van der Waals surface area contributed by atoms with Gasteiger partial charge in [-0.3, -0.25) is 9.69 Å². The summed E-state index contributed by atoms with van der Waals surface area (Å²) in [6, 6.07) is 14.8. The van der Waals surface area contributed by atoms with Crippen LogP contribution in [0.4, 0.5) is 0 Å². The summed E-state index contributed by atoms with van der Waals surface area (Å²) in [4.78, 5) is 14.7. The Labute approximate surface area is 191 Å². The van der Waals surface area contributed by atoms with E-state index in [9.17, 15) is 15.2 Å². The van der Waals surface area contributed by atoms with Crippen molar-refractivity contribution < 1.29 is 24.1 Å². The van der Waals surface area contributed by atoms with Crippen molar-refractivity contribution in [2.24, 2.45) is 0 Å². The fourth-order valence-corrected chi connectivity index (χ4v) is 5.53. The molecule has 2 aromatic carbocycles. The van der Waals surface area contributed by atoms with E-state index in [1.807, 2.05) is 19.1 Å². The van der Waals surface area contributed by atoms with Crippen LogP contribution >= 0.6 is 11.8 Å². The molecular weight excluding hydrogens is 428 g/mol. The van der Waals surface area contributed by atoms with Gasteiger partial charge in [-0.05, 0) is 36.8 Å². The summed E-state index contributed by atoms with van der Waals surface area (Å²) in [5.74, 6) is 1.30. The maximum Gasteiger partial charge on any atom is 0.231 e. The lowest BCUT2D eigenvalue weighted by atomic mass is 9.85. The number of thioether (sulfide) groups is 1. The Morgan fingerprint density at radius 1 is 1.22 bits per heavy atom. The zero-order valence-corrected chi connectivity index (χ0v) is 18.9. The van der Waals surface area contributed by atoms with Crippen molar-refractivity contribution in [1.29, 1.82) is 5.26 Å². The summed E-state index contributed by atoms with van der Waals surface area (Å²) in [6.45, 7) is 2.35. The van der Waals surface area contributed by atoms with Crippen LogP contribution < -0.4 is 14.2 Å². The molecule has 0 saturated carbocycles.